The molecule has 3 rings (SSSR count). The summed E-state index contributed by atoms with van der Waals surface area (Å²) in [6.45, 7) is 8.74. The molecule has 30 heavy (non-hydrogen) atoms. The third-order valence-electron chi connectivity index (χ3n) is 5.39. The monoisotopic (exact) mass is 409 g/mol. The van der Waals surface area contributed by atoms with Gasteiger partial charge < -0.3 is 14.5 Å². The summed E-state index contributed by atoms with van der Waals surface area (Å²) in [7, 11) is 0. The van der Waals surface area contributed by atoms with Crippen LogP contribution in [0.15, 0.2) is 54.6 Å². The maximum atomic E-state index is 12.9. The SMILES string of the molecule is CCOc1ccccc1C(=O)N1CCN(CC(=O)N(CC)Cc2ccccc2)CC1. The van der Waals surface area contributed by atoms with Crippen LogP contribution < -0.4 is 4.74 Å². The Morgan fingerprint density at radius 2 is 1.60 bits per heavy atom. The Kier molecular flexibility index (Phi) is 7.85. The predicted molar refractivity (Wildman–Crippen MR) is 117 cm³/mol. The minimum atomic E-state index is -0.00992. The van der Waals surface area contributed by atoms with Crippen molar-refractivity contribution in [1.29, 1.82) is 0 Å². The van der Waals surface area contributed by atoms with Gasteiger partial charge in [-0.1, -0.05) is 42.5 Å². The predicted octanol–water partition coefficient (Wildman–Crippen LogP) is 2.89. The lowest BCUT2D eigenvalue weighted by atomic mass is 10.1. The highest BCUT2D eigenvalue weighted by atomic mass is 16.5. The number of likely N-dealkylation sites (N-methyl/N-ethyl adjacent to an activating group) is 1. The second-order valence-electron chi connectivity index (χ2n) is 7.39. The van der Waals surface area contributed by atoms with E-state index in [1.807, 2.05) is 78.2 Å². The molecule has 0 unspecified atom stereocenters. The molecule has 0 aliphatic carbocycles. The fourth-order valence-electron chi connectivity index (χ4n) is 3.68. The van der Waals surface area contributed by atoms with Crippen LogP contribution >= 0.6 is 0 Å². The number of hydrogen-bond donors (Lipinski definition) is 0. The fraction of sp³-hybridized carbons (Fsp3) is 0.417. The highest BCUT2D eigenvalue weighted by Gasteiger charge is 2.26. The molecule has 1 aliphatic rings. The number of piperazine rings is 1. The van der Waals surface area contributed by atoms with Gasteiger partial charge in [-0.05, 0) is 31.5 Å². The average molecular weight is 410 g/mol. The third-order valence-corrected chi connectivity index (χ3v) is 5.39. The number of carbonyl (C=O) groups is 2. The summed E-state index contributed by atoms with van der Waals surface area (Å²) in [5, 5.41) is 0. The average Bonchev–Trinajstić information content (AvgIpc) is 2.79. The molecule has 0 radical (unpaired) electrons. The maximum Gasteiger partial charge on any atom is 0.257 e. The Hall–Kier alpha value is -2.86. The number of carbonyl (C=O) groups excluding carboxylic acids is 2. The smallest absolute Gasteiger partial charge is 0.257 e. The molecule has 0 spiro atoms. The van der Waals surface area contributed by atoms with E-state index < -0.39 is 0 Å². The van der Waals surface area contributed by atoms with Gasteiger partial charge in [0.1, 0.15) is 5.75 Å². The molecule has 2 aromatic carbocycles. The van der Waals surface area contributed by atoms with Crippen LogP contribution in [0.2, 0.25) is 0 Å². The van der Waals surface area contributed by atoms with Crippen LogP contribution in [0.5, 0.6) is 5.75 Å². The Bertz CT molecular complexity index is 833. The van der Waals surface area contributed by atoms with Gasteiger partial charge in [-0.15, -0.1) is 0 Å². The zero-order valence-electron chi connectivity index (χ0n) is 17.9. The number of rotatable bonds is 8. The molecule has 1 fully saturated rings. The standard InChI is InChI=1S/C24H31N3O3/c1-3-26(18-20-10-6-5-7-11-20)23(28)19-25-14-16-27(17-15-25)24(29)21-12-8-9-13-22(21)30-4-2/h5-13H,3-4,14-19H2,1-2H3. The lowest BCUT2D eigenvalue weighted by Gasteiger charge is -2.35. The quantitative estimate of drug-likeness (QED) is 0.673. The molecule has 6 nitrogen and oxygen atoms in total. The highest BCUT2D eigenvalue weighted by molar-refractivity contribution is 5.97. The van der Waals surface area contributed by atoms with Gasteiger partial charge >= 0.3 is 0 Å². The molecular formula is C24H31N3O3. The van der Waals surface area contributed by atoms with Crippen molar-refractivity contribution in [1.82, 2.24) is 14.7 Å². The van der Waals surface area contributed by atoms with Crippen molar-refractivity contribution in [2.24, 2.45) is 0 Å². The second kappa shape index (κ2) is 10.8. The molecule has 0 bridgehead atoms. The first-order chi connectivity index (χ1) is 14.6. The van der Waals surface area contributed by atoms with Crippen LogP contribution in [0.3, 0.4) is 0 Å². The van der Waals surface area contributed by atoms with Crippen molar-refractivity contribution < 1.29 is 14.3 Å². The summed E-state index contributed by atoms with van der Waals surface area (Å²) >= 11 is 0. The Labute approximate surface area is 179 Å². The van der Waals surface area contributed by atoms with Gasteiger partial charge in [-0.3, -0.25) is 14.5 Å². The molecule has 1 aliphatic heterocycles. The molecule has 0 N–H and O–H groups in total. The molecule has 1 saturated heterocycles. The Morgan fingerprint density at radius 3 is 2.27 bits per heavy atom. The van der Waals surface area contributed by atoms with Crippen molar-refractivity contribution in [3.8, 4) is 5.75 Å². The third kappa shape index (κ3) is 5.60. The second-order valence-corrected chi connectivity index (χ2v) is 7.39. The van der Waals surface area contributed by atoms with E-state index in [1.165, 1.54) is 0 Å². The van der Waals surface area contributed by atoms with Crippen molar-refractivity contribution in [3.63, 3.8) is 0 Å². The first-order valence-electron chi connectivity index (χ1n) is 10.7. The Morgan fingerprint density at radius 1 is 0.933 bits per heavy atom. The van der Waals surface area contributed by atoms with Gasteiger partial charge in [0.25, 0.3) is 5.91 Å². The first-order valence-corrected chi connectivity index (χ1v) is 10.7. The summed E-state index contributed by atoms with van der Waals surface area (Å²) < 4.78 is 5.60. The normalized spacial score (nSPS) is 14.4. The van der Waals surface area contributed by atoms with Crippen LogP contribution in [0.4, 0.5) is 0 Å². The number of benzene rings is 2. The van der Waals surface area contributed by atoms with Crippen molar-refractivity contribution in [2.45, 2.75) is 20.4 Å². The summed E-state index contributed by atoms with van der Waals surface area (Å²) in [5.41, 5.74) is 1.74. The number of nitrogens with zero attached hydrogens (tertiary/aromatic N) is 3. The number of hydrogen-bond acceptors (Lipinski definition) is 4. The van der Waals surface area contributed by atoms with Crippen LogP contribution in [-0.4, -0.2) is 72.4 Å². The summed E-state index contributed by atoms with van der Waals surface area (Å²) in [6.07, 6.45) is 0. The van der Waals surface area contributed by atoms with E-state index in [-0.39, 0.29) is 11.8 Å². The van der Waals surface area contributed by atoms with Gasteiger partial charge in [0, 0.05) is 39.3 Å². The van der Waals surface area contributed by atoms with Crippen molar-refractivity contribution in [2.75, 3.05) is 45.9 Å². The van der Waals surface area contributed by atoms with Gasteiger partial charge in [0.05, 0.1) is 18.7 Å². The summed E-state index contributed by atoms with van der Waals surface area (Å²) in [6, 6.07) is 17.4. The summed E-state index contributed by atoms with van der Waals surface area (Å²) in [4.78, 5) is 31.6. The number of para-hydroxylation sites is 1. The van der Waals surface area contributed by atoms with Crippen LogP contribution in [-0.2, 0) is 11.3 Å². The van der Waals surface area contributed by atoms with Gasteiger partial charge in [0.2, 0.25) is 5.91 Å². The zero-order valence-corrected chi connectivity index (χ0v) is 17.9. The number of ether oxygens (including phenoxy) is 1. The molecule has 160 valence electrons. The van der Waals surface area contributed by atoms with E-state index >= 15 is 0 Å². The minimum Gasteiger partial charge on any atom is -0.493 e. The Balaban J connectivity index is 1.52. The largest absolute Gasteiger partial charge is 0.493 e. The molecule has 2 amide bonds. The minimum absolute atomic E-state index is 0.00992. The number of amides is 2. The van der Waals surface area contributed by atoms with E-state index in [0.29, 0.717) is 63.7 Å². The highest BCUT2D eigenvalue weighted by Crippen LogP contribution is 2.20. The fourth-order valence-corrected chi connectivity index (χ4v) is 3.68. The van der Waals surface area contributed by atoms with Gasteiger partial charge in [-0.2, -0.15) is 0 Å². The lowest BCUT2D eigenvalue weighted by molar-refractivity contribution is -0.133. The van der Waals surface area contributed by atoms with Crippen LogP contribution in [0.1, 0.15) is 29.8 Å². The van der Waals surface area contributed by atoms with Gasteiger partial charge in [-0.25, -0.2) is 0 Å². The topological polar surface area (TPSA) is 53.1 Å². The zero-order chi connectivity index (χ0) is 21.3. The molecule has 0 aromatic heterocycles. The molecule has 0 atom stereocenters. The molecule has 6 heteroatoms. The molecule has 0 saturated carbocycles. The lowest BCUT2D eigenvalue weighted by Crippen LogP contribution is -2.51. The van der Waals surface area contributed by atoms with Crippen molar-refractivity contribution >= 4 is 11.8 Å². The van der Waals surface area contributed by atoms with E-state index in [4.69, 9.17) is 4.74 Å². The van der Waals surface area contributed by atoms with Crippen LogP contribution in [0, 0.1) is 0 Å². The molecular weight excluding hydrogens is 378 g/mol. The van der Waals surface area contributed by atoms with E-state index in [9.17, 15) is 9.59 Å². The van der Waals surface area contributed by atoms with E-state index in [2.05, 4.69) is 4.90 Å². The van der Waals surface area contributed by atoms with Crippen LogP contribution in [0.25, 0.3) is 0 Å². The maximum absolute atomic E-state index is 12.9. The molecule has 2 aromatic rings. The van der Waals surface area contributed by atoms with E-state index in [1.54, 1.807) is 0 Å². The van der Waals surface area contributed by atoms with Crippen molar-refractivity contribution in [3.05, 3.63) is 65.7 Å². The van der Waals surface area contributed by atoms with E-state index in [0.717, 1.165) is 5.56 Å². The molecule has 1 heterocycles. The van der Waals surface area contributed by atoms with Gasteiger partial charge in [0.15, 0.2) is 0 Å². The first kappa shape index (κ1) is 21.8. The summed E-state index contributed by atoms with van der Waals surface area (Å²) in [5.74, 6) is 0.745.